The SMILES string of the molecule is Cc1ccc(/C=C2\CN(C)C[C@@]3(C2=O)[C@@H](c2ccc(C)cc2)[C@@H]2CSCN2[C@@]32C(=O)Nc3ccc(Cl)cc32)cc1. The lowest BCUT2D eigenvalue weighted by Crippen LogP contribution is -2.65. The van der Waals surface area contributed by atoms with E-state index < -0.39 is 11.0 Å². The Morgan fingerprint density at radius 1 is 1.00 bits per heavy atom. The molecule has 7 rings (SSSR count). The summed E-state index contributed by atoms with van der Waals surface area (Å²) in [5.41, 5.74) is 4.55. The molecule has 3 fully saturated rings. The van der Waals surface area contributed by atoms with E-state index in [4.69, 9.17) is 11.6 Å². The molecule has 40 heavy (non-hydrogen) atoms. The molecule has 3 aromatic rings. The van der Waals surface area contributed by atoms with Crippen LogP contribution in [0.3, 0.4) is 0 Å². The predicted octanol–water partition coefficient (Wildman–Crippen LogP) is 5.86. The van der Waals surface area contributed by atoms with Crippen molar-refractivity contribution in [3.63, 3.8) is 0 Å². The third-order valence-electron chi connectivity index (χ3n) is 9.37. The second kappa shape index (κ2) is 9.31. The monoisotopic (exact) mass is 569 g/mol. The van der Waals surface area contributed by atoms with Crippen LogP contribution >= 0.6 is 23.4 Å². The van der Waals surface area contributed by atoms with Gasteiger partial charge in [0.25, 0.3) is 5.91 Å². The Morgan fingerprint density at radius 3 is 2.42 bits per heavy atom. The highest BCUT2D eigenvalue weighted by molar-refractivity contribution is 7.99. The molecule has 4 atom stereocenters. The topological polar surface area (TPSA) is 52.7 Å². The number of thioether (sulfide) groups is 1. The van der Waals surface area contributed by atoms with E-state index in [1.807, 2.05) is 36.0 Å². The molecule has 0 aliphatic carbocycles. The molecule has 0 unspecified atom stereocenters. The summed E-state index contributed by atoms with van der Waals surface area (Å²) < 4.78 is 0. The van der Waals surface area contributed by atoms with E-state index >= 15 is 4.79 Å². The smallest absolute Gasteiger partial charge is 0.250 e. The van der Waals surface area contributed by atoms with Gasteiger partial charge >= 0.3 is 0 Å². The second-order valence-corrected chi connectivity index (χ2v) is 13.3. The Kier molecular flexibility index (Phi) is 6.06. The van der Waals surface area contributed by atoms with Gasteiger partial charge in [0.05, 0.1) is 5.41 Å². The van der Waals surface area contributed by atoms with E-state index in [2.05, 4.69) is 84.5 Å². The number of ketones is 1. The number of aryl methyl sites for hydroxylation is 2. The number of rotatable bonds is 2. The number of fused-ring (bicyclic) bond motifs is 5. The van der Waals surface area contributed by atoms with Gasteiger partial charge in [-0.2, -0.15) is 0 Å². The zero-order valence-electron chi connectivity index (χ0n) is 22.9. The number of nitrogens with zero attached hydrogens (tertiary/aromatic N) is 2. The quantitative estimate of drug-likeness (QED) is 0.392. The van der Waals surface area contributed by atoms with Crippen LogP contribution < -0.4 is 5.32 Å². The van der Waals surface area contributed by atoms with Crippen LogP contribution in [-0.2, 0) is 15.1 Å². The molecule has 5 nitrogen and oxygen atoms in total. The van der Waals surface area contributed by atoms with Crippen LogP contribution in [0, 0.1) is 19.3 Å². The number of nitrogens with one attached hydrogen (secondary N) is 1. The minimum Gasteiger partial charge on any atom is -0.324 e. The maximum Gasteiger partial charge on any atom is 0.250 e. The number of amides is 1. The van der Waals surface area contributed by atoms with E-state index in [1.165, 1.54) is 11.1 Å². The zero-order chi connectivity index (χ0) is 27.8. The molecule has 4 heterocycles. The summed E-state index contributed by atoms with van der Waals surface area (Å²) in [6.45, 7) is 5.16. The first-order valence-corrected chi connectivity index (χ1v) is 15.3. The molecule has 3 aromatic carbocycles. The number of likely N-dealkylation sites (tertiary alicyclic amines) is 1. The van der Waals surface area contributed by atoms with Crippen molar-refractivity contribution in [1.29, 1.82) is 0 Å². The van der Waals surface area contributed by atoms with E-state index in [9.17, 15) is 4.79 Å². The van der Waals surface area contributed by atoms with Gasteiger partial charge in [-0.1, -0.05) is 71.3 Å². The maximum atomic E-state index is 15.3. The lowest BCUT2D eigenvalue weighted by Gasteiger charge is -2.51. The second-order valence-electron chi connectivity index (χ2n) is 11.8. The Morgan fingerprint density at radius 2 is 1.70 bits per heavy atom. The number of Topliss-reactive ketones (excluding diaryl/α,β-unsaturated/α-hetero) is 1. The molecule has 0 aromatic heterocycles. The van der Waals surface area contributed by atoms with Gasteiger partial charge in [0.1, 0.15) is 5.54 Å². The average Bonchev–Trinajstić information content (AvgIpc) is 3.57. The van der Waals surface area contributed by atoms with Crippen LogP contribution in [0.25, 0.3) is 6.08 Å². The van der Waals surface area contributed by atoms with Gasteiger partial charge in [-0.15, -0.1) is 11.8 Å². The molecule has 7 heteroatoms. The molecule has 0 saturated carbocycles. The van der Waals surface area contributed by atoms with Gasteiger partial charge in [-0.25, -0.2) is 0 Å². The number of hydrogen-bond donors (Lipinski definition) is 1. The average molecular weight is 570 g/mol. The molecule has 0 bridgehead atoms. The van der Waals surface area contributed by atoms with Gasteiger partial charge in [-0.05, 0) is 56.3 Å². The lowest BCUT2D eigenvalue weighted by atomic mass is 9.55. The zero-order valence-corrected chi connectivity index (χ0v) is 24.5. The Labute approximate surface area is 244 Å². The summed E-state index contributed by atoms with van der Waals surface area (Å²) in [4.78, 5) is 34.4. The Hall–Kier alpha value is -2.90. The van der Waals surface area contributed by atoms with Crippen LogP contribution in [0.1, 0.15) is 33.7 Å². The summed E-state index contributed by atoms with van der Waals surface area (Å²) in [5.74, 6) is 1.32. The lowest BCUT2D eigenvalue weighted by molar-refractivity contribution is -0.146. The van der Waals surface area contributed by atoms with Gasteiger partial charge in [0, 0.05) is 58.5 Å². The first-order chi connectivity index (χ1) is 19.3. The molecule has 4 aliphatic heterocycles. The van der Waals surface area contributed by atoms with Crippen LogP contribution in [0.2, 0.25) is 5.02 Å². The Bertz CT molecular complexity index is 1570. The van der Waals surface area contributed by atoms with Gasteiger partial charge in [0.2, 0.25) is 0 Å². The summed E-state index contributed by atoms with van der Waals surface area (Å²) >= 11 is 8.45. The van der Waals surface area contributed by atoms with E-state index in [-0.39, 0.29) is 23.7 Å². The van der Waals surface area contributed by atoms with Crippen molar-refractivity contribution in [3.8, 4) is 0 Å². The highest BCUT2D eigenvalue weighted by Gasteiger charge is 2.78. The summed E-state index contributed by atoms with van der Waals surface area (Å²) in [5, 5.41) is 3.76. The molecular formula is C33H32ClN3O2S. The fourth-order valence-electron chi connectivity index (χ4n) is 7.85. The fourth-order valence-corrected chi connectivity index (χ4v) is 9.33. The fraction of sp³-hybridized carbons (Fsp3) is 0.333. The largest absolute Gasteiger partial charge is 0.324 e. The highest BCUT2D eigenvalue weighted by Crippen LogP contribution is 2.68. The van der Waals surface area contributed by atoms with Crippen molar-refractivity contribution in [3.05, 3.63) is 105 Å². The summed E-state index contributed by atoms with van der Waals surface area (Å²) in [6.07, 6.45) is 2.03. The first kappa shape index (κ1) is 26.0. The minimum absolute atomic E-state index is 0.0273. The molecule has 1 N–H and O–H groups in total. The number of hydrogen-bond acceptors (Lipinski definition) is 5. The first-order valence-electron chi connectivity index (χ1n) is 13.8. The maximum absolute atomic E-state index is 15.3. The summed E-state index contributed by atoms with van der Waals surface area (Å²) in [6, 6.07) is 22.5. The number of benzene rings is 3. The third kappa shape index (κ3) is 3.49. The van der Waals surface area contributed by atoms with Crippen molar-refractivity contribution in [1.82, 2.24) is 9.80 Å². The van der Waals surface area contributed by atoms with Gasteiger partial charge < -0.3 is 10.2 Å². The standard InChI is InChI=1S/C33H32ClN3O2S/c1-20-4-8-22(9-5-20)14-24-16-36(3)18-32(30(24)38)29(23-10-6-21(2)7-11-23)28-17-40-19-37(28)33(32)26-15-25(34)12-13-27(26)35-31(33)39/h4-15,28-29H,16-19H2,1-3H3,(H,35,39)/b24-14+/t28-,29-,32-,33-/m0/s1. The van der Waals surface area contributed by atoms with Crippen molar-refractivity contribution >= 4 is 46.8 Å². The number of anilines is 1. The van der Waals surface area contributed by atoms with Crippen LogP contribution in [0.15, 0.2) is 72.3 Å². The normalized spacial score (nSPS) is 30.9. The number of piperidine rings is 1. The van der Waals surface area contributed by atoms with Crippen molar-refractivity contribution in [2.75, 3.05) is 37.1 Å². The Balaban J connectivity index is 1.53. The van der Waals surface area contributed by atoms with Crippen molar-refractivity contribution in [2.45, 2.75) is 31.3 Å². The molecule has 3 saturated heterocycles. The van der Waals surface area contributed by atoms with Gasteiger partial charge in [-0.3, -0.25) is 14.5 Å². The third-order valence-corrected chi connectivity index (χ3v) is 10.6. The molecular weight excluding hydrogens is 538 g/mol. The number of halogens is 1. The van der Waals surface area contributed by atoms with E-state index in [0.29, 0.717) is 24.0 Å². The summed E-state index contributed by atoms with van der Waals surface area (Å²) in [7, 11) is 2.07. The van der Waals surface area contributed by atoms with Crippen LogP contribution in [-0.4, -0.2) is 59.3 Å². The van der Waals surface area contributed by atoms with Crippen LogP contribution in [0.4, 0.5) is 5.69 Å². The van der Waals surface area contributed by atoms with Gasteiger partial charge in [0.15, 0.2) is 5.78 Å². The highest BCUT2D eigenvalue weighted by atomic mass is 35.5. The molecule has 4 aliphatic rings. The molecule has 204 valence electrons. The predicted molar refractivity (Wildman–Crippen MR) is 163 cm³/mol. The number of carbonyl (C=O) groups is 2. The minimum atomic E-state index is -1.17. The van der Waals surface area contributed by atoms with Crippen molar-refractivity contribution < 1.29 is 9.59 Å². The molecule has 0 radical (unpaired) electrons. The molecule has 2 spiro atoms. The molecule has 1 amide bonds. The number of carbonyl (C=O) groups excluding carboxylic acids is 2. The number of likely N-dealkylation sites (N-methyl/N-ethyl adjacent to an activating group) is 1. The van der Waals surface area contributed by atoms with Crippen LogP contribution in [0.5, 0.6) is 0 Å². The van der Waals surface area contributed by atoms with E-state index in [1.54, 1.807) is 0 Å². The van der Waals surface area contributed by atoms with E-state index in [0.717, 1.165) is 33.7 Å². The van der Waals surface area contributed by atoms with Crippen molar-refractivity contribution in [2.24, 2.45) is 5.41 Å².